The van der Waals surface area contributed by atoms with E-state index in [1.165, 1.54) is 22.3 Å². The second kappa shape index (κ2) is 7.77. The highest BCUT2D eigenvalue weighted by atomic mass is 31.2. The SMILES string of the molecule is CC(C)CC(C)(C)[P+](c1ccccc1)(c1ccccc1)c1ccccc1. The van der Waals surface area contributed by atoms with Gasteiger partial charge in [0, 0.05) is 0 Å². The van der Waals surface area contributed by atoms with Gasteiger partial charge in [-0.2, -0.15) is 0 Å². The minimum absolute atomic E-state index is 0.158. The molecule has 0 aliphatic carbocycles. The fourth-order valence-electron chi connectivity index (χ4n) is 4.59. The third kappa shape index (κ3) is 3.36. The molecule has 3 aromatic carbocycles. The lowest BCUT2D eigenvalue weighted by atomic mass is 10.00. The van der Waals surface area contributed by atoms with Crippen molar-refractivity contribution in [3.63, 3.8) is 0 Å². The fraction of sp³-hybridized carbons (Fsp3) is 0.280. The molecule has 0 atom stereocenters. The van der Waals surface area contributed by atoms with E-state index in [2.05, 4.69) is 119 Å². The Kier molecular flexibility index (Phi) is 5.64. The number of benzene rings is 3. The second-order valence-electron chi connectivity index (χ2n) is 8.09. The lowest BCUT2D eigenvalue weighted by Crippen LogP contribution is -2.45. The molecule has 0 unspecified atom stereocenters. The maximum Gasteiger partial charge on any atom is 0.117 e. The first-order valence-electron chi connectivity index (χ1n) is 9.54. The van der Waals surface area contributed by atoms with Crippen molar-refractivity contribution in [3.05, 3.63) is 91.0 Å². The molecule has 0 aliphatic heterocycles. The average Bonchev–Trinajstić information content (AvgIpc) is 2.64. The van der Waals surface area contributed by atoms with E-state index in [9.17, 15) is 0 Å². The van der Waals surface area contributed by atoms with Crippen LogP contribution in [0.4, 0.5) is 0 Å². The molecule has 0 heterocycles. The van der Waals surface area contributed by atoms with E-state index < -0.39 is 7.26 Å². The summed E-state index contributed by atoms with van der Waals surface area (Å²) < 4.78 is 0. The predicted octanol–water partition coefficient (Wildman–Crippen LogP) is 5.81. The van der Waals surface area contributed by atoms with Gasteiger partial charge >= 0.3 is 0 Å². The van der Waals surface area contributed by atoms with Gasteiger partial charge in [0.1, 0.15) is 23.2 Å². The quantitative estimate of drug-likeness (QED) is 0.486. The highest BCUT2D eigenvalue weighted by Gasteiger charge is 2.57. The fourth-order valence-corrected chi connectivity index (χ4v) is 10.1. The van der Waals surface area contributed by atoms with Crippen LogP contribution in [0.25, 0.3) is 0 Å². The summed E-state index contributed by atoms with van der Waals surface area (Å²) in [6, 6.07) is 33.6. The molecule has 134 valence electrons. The van der Waals surface area contributed by atoms with Gasteiger partial charge in [-0.3, -0.25) is 0 Å². The molecule has 0 saturated carbocycles. The summed E-state index contributed by atoms with van der Waals surface area (Å²) in [7, 11) is -1.81. The topological polar surface area (TPSA) is 0 Å². The van der Waals surface area contributed by atoms with Crippen LogP contribution in [0.2, 0.25) is 0 Å². The summed E-state index contributed by atoms with van der Waals surface area (Å²) in [5.41, 5.74) is 0. The van der Waals surface area contributed by atoms with Crippen LogP contribution in [-0.2, 0) is 0 Å². The molecule has 0 fully saturated rings. The van der Waals surface area contributed by atoms with Gasteiger partial charge in [0.15, 0.2) is 0 Å². The zero-order chi connectivity index (χ0) is 18.6. The standard InChI is InChI=1S/C25H30P/c1-21(2)20-25(3,4)26(22-14-8-5-9-15-22,23-16-10-6-11-17-23)24-18-12-7-13-19-24/h5-19,21H,20H2,1-4H3/q+1. The van der Waals surface area contributed by atoms with Crippen molar-refractivity contribution in [1.82, 2.24) is 0 Å². The molecule has 0 N–H and O–H groups in total. The van der Waals surface area contributed by atoms with Gasteiger partial charge in [-0.15, -0.1) is 0 Å². The van der Waals surface area contributed by atoms with Crippen molar-refractivity contribution in [1.29, 1.82) is 0 Å². The van der Waals surface area contributed by atoms with Crippen LogP contribution >= 0.6 is 7.26 Å². The third-order valence-corrected chi connectivity index (χ3v) is 10.5. The molecule has 0 aromatic heterocycles. The Labute approximate surface area is 159 Å². The lowest BCUT2D eigenvalue weighted by Gasteiger charge is -2.41. The summed E-state index contributed by atoms with van der Waals surface area (Å²) in [4.78, 5) is 0. The Morgan fingerprint density at radius 1 is 0.615 bits per heavy atom. The Bertz CT molecular complexity index is 708. The van der Waals surface area contributed by atoms with E-state index in [1.54, 1.807) is 0 Å². The molecular formula is C25H30P+. The van der Waals surface area contributed by atoms with Crippen LogP contribution in [0, 0.1) is 5.92 Å². The van der Waals surface area contributed by atoms with Gasteiger partial charge in [0.05, 0.1) is 5.16 Å². The molecule has 0 bridgehead atoms. The molecule has 3 rings (SSSR count). The van der Waals surface area contributed by atoms with Crippen molar-refractivity contribution in [3.8, 4) is 0 Å². The Balaban J connectivity index is 2.39. The van der Waals surface area contributed by atoms with Crippen LogP contribution in [-0.4, -0.2) is 5.16 Å². The third-order valence-electron chi connectivity index (χ3n) is 5.25. The van der Waals surface area contributed by atoms with Crippen LogP contribution < -0.4 is 15.9 Å². The number of hydrogen-bond donors (Lipinski definition) is 0. The molecule has 0 saturated heterocycles. The van der Waals surface area contributed by atoms with Gasteiger partial charge in [0.2, 0.25) is 0 Å². The van der Waals surface area contributed by atoms with Gasteiger partial charge in [-0.25, -0.2) is 0 Å². The summed E-state index contributed by atoms with van der Waals surface area (Å²) in [5, 5.41) is 4.58. The molecule has 0 amide bonds. The monoisotopic (exact) mass is 361 g/mol. The second-order valence-corrected chi connectivity index (χ2v) is 12.2. The van der Waals surface area contributed by atoms with E-state index in [-0.39, 0.29) is 5.16 Å². The molecule has 0 radical (unpaired) electrons. The summed E-state index contributed by atoms with van der Waals surface area (Å²) >= 11 is 0. The first kappa shape index (κ1) is 18.9. The van der Waals surface area contributed by atoms with E-state index in [0.717, 1.165) is 0 Å². The van der Waals surface area contributed by atoms with Gasteiger partial charge in [-0.1, -0.05) is 68.4 Å². The summed E-state index contributed by atoms with van der Waals surface area (Å²) in [5.74, 6) is 0.653. The highest BCUT2D eigenvalue weighted by Crippen LogP contribution is 2.67. The first-order valence-corrected chi connectivity index (χ1v) is 11.3. The average molecular weight is 361 g/mol. The maximum atomic E-state index is 2.48. The van der Waals surface area contributed by atoms with E-state index in [1.807, 2.05) is 0 Å². The van der Waals surface area contributed by atoms with E-state index >= 15 is 0 Å². The maximum absolute atomic E-state index is 2.48. The number of rotatable bonds is 6. The van der Waals surface area contributed by atoms with Crippen molar-refractivity contribution >= 4 is 23.2 Å². The van der Waals surface area contributed by atoms with Gasteiger partial charge in [-0.05, 0) is 62.6 Å². The zero-order valence-corrected chi connectivity index (χ0v) is 17.3. The Morgan fingerprint density at radius 3 is 1.19 bits per heavy atom. The minimum atomic E-state index is -1.81. The summed E-state index contributed by atoms with van der Waals surface area (Å²) in [6.07, 6.45) is 1.19. The van der Waals surface area contributed by atoms with Crippen molar-refractivity contribution < 1.29 is 0 Å². The summed E-state index contributed by atoms with van der Waals surface area (Å²) in [6.45, 7) is 9.65. The molecule has 0 spiro atoms. The largest absolute Gasteiger partial charge is 0.117 e. The number of hydrogen-bond acceptors (Lipinski definition) is 0. The lowest BCUT2D eigenvalue weighted by molar-refractivity contribution is 0.496. The molecular weight excluding hydrogens is 331 g/mol. The van der Waals surface area contributed by atoms with Gasteiger partial charge in [0.25, 0.3) is 0 Å². The molecule has 0 aliphatic rings. The van der Waals surface area contributed by atoms with Crippen molar-refractivity contribution in [2.24, 2.45) is 5.92 Å². The van der Waals surface area contributed by atoms with E-state index in [4.69, 9.17) is 0 Å². The van der Waals surface area contributed by atoms with Crippen LogP contribution in [0.3, 0.4) is 0 Å². The highest BCUT2D eigenvalue weighted by molar-refractivity contribution is 7.96. The van der Waals surface area contributed by atoms with Gasteiger partial charge < -0.3 is 0 Å². The van der Waals surface area contributed by atoms with Crippen LogP contribution in [0.15, 0.2) is 91.0 Å². The van der Waals surface area contributed by atoms with Crippen molar-refractivity contribution in [2.45, 2.75) is 39.3 Å². The van der Waals surface area contributed by atoms with Crippen LogP contribution in [0.1, 0.15) is 34.1 Å². The molecule has 3 aromatic rings. The zero-order valence-electron chi connectivity index (χ0n) is 16.4. The Hall–Kier alpha value is -1.91. The van der Waals surface area contributed by atoms with E-state index in [0.29, 0.717) is 5.92 Å². The minimum Gasteiger partial charge on any atom is -0.0626 e. The van der Waals surface area contributed by atoms with Crippen LogP contribution in [0.5, 0.6) is 0 Å². The smallest absolute Gasteiger partial charge is 0.0626 e. The Morgan fingerprint density at radius 2 is 0.923 bits per heavy atom. The molecule has 26 heavy (non-hydrogen) atoms. The van der Waals surface area contributed by atoms with Crippen molar-refractivity contribution in [2.75, 3.05) is 0 Å². The molecule has 1 heteroatoms. The molecule has 0 nitrogen and oxygen atoms in total. The first-order chi connectivity index (χ1) is 12.5. The predicted molar refractivity (Wildman–Crippen MR) is 119 cm³/mol. The normalized spacial score (nSPS) is 12.3.